The highest BCUT2D eigenvalue weighted by atomic mass is 35.5. The average Bonchev–Trinajstić information content (AvgIpc) is 2.95. The minimum Gasteiger partial charge on any atom is -0.352 e. The van der Waals surface area contributed by atoms with Gasteiger partial charge in [-0.15, -0.1) is 0 Å². The van der Waals surface area contributed by atoms with Crippen molar-refractivity contribution in [2.24, 2.45) is 0 Å². The summed E-state index contributed by atoms with van der Waals surface area (Å²) in [6, 6.07) is 4.38. The molecule has 0 unspecified atom stereocenters. The fourth-order valence-corrected chi connectivity index (χ4v) is 3.74. The molecule has 1 heterocycles. The molecule has 1 aromatic rings. The Morgan fingerprint density at radius 3 is 2.77 bits per heavy atom. The lowest BCUT2D eigenvalue weighted by atomic mass is 9.91. The first-order valence-corrected chi connectivity index (χ1v) is 7.90. The molecule has 2 amide bonds. The molecule has 2 aliphatic rings. The number of piperazine rings is 1. The van der Waals surface area contributed by atoms with Crippen molar-refractivity contribution in [3.63, 3.8) is 0 Å². The standard InChI is InChI=1S/C16H18ClFN2O2/c17-12-4-3-5-13(18)11(12)8-15(22)20-9-14(21)19-10-16(20)6-1-2-7-16/h3-5H,1-2,6-10H2,(H,19,21). The molecule has 2 fully saturated rings. The summed E-state index contributed by atoms with van der Waals surface area (Å²) in [6.07, 6.45) is 3.73. The number of carbonyl (C=O) groups excluding carboxylic acids is 2. The van der Waals surface area contributed by atoms with E-state index in [1.54, 1.807) is 11.0 Å². The van der Waals surface area contributed by atoms with Crippen molar-refractivity contribution < 1.29 is 14.0 Å². The molecule has 0 bridgehead atoms. The molecule has 3 rings (SSSR count). The van der Waals surface area contributed by atoms with Crippen LogP contribution in [-0.2, 0) is 16.0 Å². The summed E-state index contributed by atoms with van der Waals surface area (Å²) in [6.45, 7) is 0.535. The van der Waals surface area contributed by atoms with Gasteiger partial charge in [0.1, 0.15) is 12.4 Å². The highest BCUT2D eigenvalue weighted by Crippen LogP contribution is 2.37. The van der Waals surface area contributed by atoms with E-state index in [1.807, 2.05) is 0 Å². The molecule has 1 saturated carbocycles. The molecular formula is C16H18ClFN2O2. The van der Waals surface area contributed by atoms with E-state index in [9.17, 15) is 14.0 Å². The van der Waals surface area contributed by atoms with Crippen molar-refractivity contribution >= 4 is 23.4 Å². The summed E-state index contributed by atoms with van der Waals surface area (Å²) >= 11 is 6.00. The van der Waals surface area contributed by atoms with E-state index in [0.29, 0.717) is 6.54 Å². The monoisotopic (exact) mass is 324 g/mol. The van der Waals surface area contributed by atoms with Gasteiger partial charge in [-0.1, -0.05) is 30.5 Å². The summed E-state index contributed by atoms with van der Waals surface area (Å²) < 4.78 is 13.9. The first kappa shape index (κ1) is 15.3. The van der Waals surface area contributed by atoms with Crippen LogP contribution in [-0.4, -0.2) is 35.3 Å². The SMILES string of the molecule is O=C1CN(C(=O)Cc2c(F)cccc2Cl)C2(CCCC2)CN1. The molecule has 0 atom stereocenters. The molecule has 4 nitrogen and oxygen atoms in total. The zero-order chi connectivity index (χ0) is 15.7. The van der Waals surface area contributed by atoms with Crippen LogP contribution in [0, 0.1) is 5.82 Å². The van der Waals surface area contributed by atoms with Crippen LogP contribution < -0.4 is 5.32 Å². The second-order valence-electron chi connectivity index (χ2n) is 6.07. The van der Waals surface area contributed by atoms with Crippen LogP contribution in [0.4, 0.5) is 4.39 Å². The highest BCUT2D eigenvalue weighted by Gasteiger charge is 2.45. The van der Waals surface area contributed by atoms with Crippen molar-refractivity contribution in [2.75, 3.05) is 13.1 Å². The number of halogens is 2. The van der Waals surface area contributed by atoms with Gasteiger partial charge >= 0.3 is 0 Å². The fraction of sp³-hybridized carbons (Fsp3) is 0.500. The number of benzene rings is 1. The largest absolute Gasteiger partial charge is 0.352 e. The molecule has 118 valence electrons. The lowest BCUT2D eigenvalue weighted by Gasteiger charge is -2.44. The van der Waals surface area contributed by atoms with Crippen molar-refractivity contribution in [1.82, 2.24) is 10.2 Å². The molecule has 1 saturated heterocycles. The Balaban J connectivity index is 1.84. The van der Waals surface area contributed by atoms with E-state index in [2.05, 4.69) is 5.32 Å². The molecule has 22 heavy (non-hydrogen) atoms. The number of nitrogens with zero attached hydrogens (tertiary/aromatic N) is 1. The maximum absolute atomic E-state index is 13.9. The third-order valence-corrected chi connectivity index (χ3v) is 5.07. The Morgan fingerprint density at radius 2 is 2.09 bits per heavy atom. The number of rotatable bonds is 2. The molecule has 0 radical (unpaired) electrons. The van der Waals surface area contributed by atoms with Crippen molar-refractivity contribution in [2.45, 2.75) is 37.6 Å². The normalized spacial score (nSPS) is 20.3. The number of carbonyl (C=O) groups is 2. The molecule has 1 spiro atoms. The van der Waals surface area contributed by atoms with Crippen LogP contribution in [0.1, 0.15) is 31.2 Å². The van der Waals surface area contributed by atoms with Gasteiger partial charge in [0.05, 0.1) is 12.0 Å². The predicted molar refractivity (Wildman–Crippen MR) is 81.0 cm³/mol. The van der Waals surface area contributed by atoms with Gasteiger partial charge in [0, 0.05) is 17.1 Å². The van der Waals surface area contributed by atoms with Gasteiger partial charge in [-0.25, -0.2) is 4.39 Å². The van der Waals surface area contributed by atoms with Crippen LogP contribution in [0.3, 0.4) is 0 Å². The van der Waals surface area contributed by atoms with E-state index >= 15 is 0 Å². The average molecular weight is 325 g/mol. The molecule has 1 aliphatic heterocycles. The molecule has 0 aromatic heterocycles. The Hall–Kier alpha value is -1.62. The summed E-state index contributed by atoms with van der Waals surface area (Å²) in [4.78, 5) is 26.0. The number of amides is 2. The number of nitrogens with one attached hydrogen (secondary N) is 1. The molecule has 1 aromatic carbocycles. The van der Waals surface area contributed by atoms with Crippen LogP contribution in [0.25, 0.3) is 0 Å². The van der Waals surface area contributed by atoms with Gasteiger partial charge in [-0.2, -0.15) is 0 Å². The molecule has 1 aliphatic carbocycles. The van der Waals surface area contributed by atoms with Crippen LogP contribution in [0.2, 0.25) is 5.02 Å². The summed E-state index contributed by atoms with van der Waals surface area (Å²) in [5.41, 5.74) is -0.101. The fourth-order valence-electron chi connectivity index (χ4n) is 3.51. The zero-order valence-electron chi connectivity index (χ0n) is 12.2. The van der Waals surface area contributed by atoms with E-state index in [1.165, 1.54) is 12.1 Å². The number of hydrogen-bond donors (Lipinski definition) is 1. The molecular weight excluding hydrogens is 307 g/mol. The van der Waals surface area contributed by atoms with Gasteiger partial charge < -0.3 is 10.2 Å². The van der Waals surface area contributed by atoms with Gasteiger partial charge in [-0.05, 0) is 25.0 Å². The van der Waals surface area contributed by atoms with Crippen molar-refractivity contribution in [1.29, 1.82) is 0 Å². The van der Waals surface area contributed by atoms with E-state index in [4.69, 9.17) is 11.6 Å². The lowest BCUT2D eigenvalue weighted by molar-refractivity contribution is -0.146. The van der Waals surface area contributed by atoms with Crippen LogP contribution >= 0.6 is 11.6 Å². The topological polar surface area (TPSA) is 49.4 Å². The smallest absolute Gasteiger partial charge is 0.239 e. The Bertz CT molecular complexity index is 594. The van der Waals surface area contributed by atoms with Gasteiger partial charge in [0.25, 0.3) is 0 Å². The van der Waals surface area contributed by atoms with Crippen LogP contribution in [0.5, 0.6) is 0 Å². The maximum Gasteiger partial charge on any atom is 0.239 e. The summed E-state index contributed by atoms with van der Waals surface area (Å²) in [7, 11) is 0. The Kier molecular flexibility index (Phi) is 4.08. The second kappa shape index (κ2) is 5.88. The van der Waals surface area contributed by atoms with E-state index in [-0.39, 0.29) is 40.9 Å². The highest BCUT2D eigenvalue weighted by molar-refractivity contribution is 6.31. The zero-order valence-corrected chi connectivity index (χ0v) is 13.0. The quantitative estimate of drug-likeness (QED) is 0.907. The Morgan fingerprint density at radius 1 is 1.36 bits per heavy atom. The minimum atomic E-state index is -0.484. The lowest BCUT2D eigenvalue weighted by Crippen LogP contribution is -2.64. The van der Waals surface area contributed by atoms with E-state index in [0.717, 1.165) is 25.7 Å². The predicted octanol–water partition coefficient (Wildman–Crippen LogP) is 2.29. The summed E-state index contributed by atoms with van der Waals surface area (Å²) in [5.74, 6) is -0.878. The summed E-state index contributed by atoms with van der Waals surface area (Å²) in [5, 5.41) is 3.10. The van der Waals surface area contributed by atoms with Gasteiger partial charge in [-0.3, -0.25) is 9.59 Å². The maximum atomic E-state index is 13.9. The second-order valence-corrected chi connectivity index (χ2v) is 6.47. The third kappa shape index (κ3) is 2.70. The van der Waals surface area contributed by atoms with Gasteiger partial charge in [0.2, 0.25) is 11.8 Å². The molecule has 6 heteroatoms. The first-order valence-electron chi connectivity index (χ1n) is 7.52. The first-order chi connectivity index (χ1) is 10.5. The van der Waals surface area contributed by atoms with Crippen molar-refractivity contribution in [3.05, 3.63) is 34.6 Å². The minimum absolute atomic E-state index is 0.0465. The molecule has 1 N–H and O–H groups in total. The van der Waals surface area contributed by atoms with Crippen LogP contribution in [0.15, 0.2) is 18.2 Å². The van der Waals surface area contributed by atoms with Crippen molar-refractivity contribution in [3.8, 4) is 0 Å². The Labute approximate surface area is 133 Å². The third-order valence-electron chi connectivity index (χ3n) is 4.71. The van der Waals surface area contributed by atoms with Gasteiger partial charge in [0.15, 0.2) is 0 Å². The van der Waals surface area contributed by atoms with E-state index < -0.39 is 5.82 Å². The number of hydrogen-bond acceptors (Lipinski definition) is 2.